The fourth-order valence-electron chi connectivity index (χ4n) is 3.12. The van der Waals surface area contributed by atoms with Gasteiger partial charge in [0.2, 0.25) is 10.0 Å². The van der Waals surface area contributed by atoms with Gasteiger partial charge in [-0.2, -0.15) is 4.31 Å². The Morgan fingerprint density at radius 3 is 2.41 bits per heavy atom. The molecular formula is C20H26N4O3S2. The minimum atomic E-state index is -3.53. The molecule has 0 aliphatic carbocycles. The van der Waals surface area contributed by atoms with Gasteiger partial charge in [-0.25, -0.2) is 8.42 Å². The summed E-state index contributed by atoms with van der Waals surface area (Å²) < 4.78 is 34.6. The second-order valence-corrected chi connectivity index (χ2v) is 9.69. The number of fused-ring (bicyclic) bond motifs is 1. The highest BCUT2D eigenvalue weighted by molar-refractivity contribution is 7.99. The number of aryl methyl sites for hydroxylation is 2. The quantitative estimate of drug-likeness (QED) is 0.379. The van der Waals surface area contributed by atoms with Gasteiger partial charge in [0.05, 0.1) is 11.5 Å². The van der Waals surface area contributed by atoms with Crippen LogP contribution in [0.2, 0.25) is 0 Å². The van der Waals surface area contributed by atoms with Crippen LogP contribution in [0.15, 0.2) is 46.6 Å². The molecule has 0 spiro atoms. The molecule has 0 bridgehead atoms. The van der Waals surface area contributed by atoms with Crippen molar-refractivity contribution in [2.75, 3.05) is 25.4 Å². The van der Waals surface area contributed by atoms with Gasteiger partial charge in [-0.05, 0) is 49.2 Å². The lowest BCUT2D eigenvalue weighted by molar-refractivity contribution is 0.343. The van der Waals surface area contributed by atoms with Gasteiger partial charge in [0.1, 0.15) is 5.75 Å². The Morgan fingerprint density at radius 2 is 1.76 bits per heavy atom. The van der Waals surface area contributed by atoms with Gasteiger partial charge in [-0.3, -0.25) is 4.40 Å². The van der Waals surface area contributed by atoms with Gasteiger partial charge in [-0.1, -0.05) is 31.7 Å². The van der Waals surface area contributed by atoms with Crippen LogP contribution in [0.4, 0.5) is 0 Å². The number of benzene rings is 1. The van der Waals surface area contributed by atoms with Gasteiger partial charge in [0.15, 0.2) is 10.8 Å². The van der Waals surface area contributed by atoms with Crippen LogP contribution in [0.25, 0.3) is 5.65 Å². The molecule has 7 nitrogen and oxygen atoms in total. The molecule has 0 fully saturated rings. The van der Waals surface area contributed by atoms with E-state index in [1.807, 2.05) is 39.8 Å². The number of ether oxygens (including phenoxy) is 1. The predicted molar refractivity (Wildman–Crippen MR) is 115 cm³/mol. The molecule has 0 N–H and O–H groups in total. The lowest BCUT2D eigenvalue weighted by atomic mass is 10.1. The van der Waals surface area contributed by atoms with E-state index in [0.29, 0.717) is 36.3 Å². The summed E-state index contributed by atoms with van der Waals surface area (Å²) in [6.45, 7) is 9.11. The van der Waals surface area contributed by atoms with Gasteiger partial charge in [-0.15, -0.1) is 10.2 Å². The highest BCUT2D eigenvalue weighted by Gasteiger charge is 2.22. The average Bonchev–Trinajstić information content (AvgIpc) is 3.07. The van der Waals surface area contributed by atoms with E-state index < -0.39 is 10.0 Å². The normalized spacial score (nSPS) is 12.0. The zero-order valence-corrected chi connectivity index (χ0v) is 18.8. The smallest absolute Gasteiger partial charge is 0.244 e. The fourth-order valence-corrected chi connectivity index (χ4v) is 5.31. The molecule has 0 saturated carbocycles. The maximum atomic E-state index is 12.8. The standard InChI is InChI=1S/C20H26N4O3S2/c1-5-23(6-2)29(25,26)18-7-8-19-21-22-20(24(19)14-18)28-10-9-27-17-12-15(3)11-16(4)13-17/h7-8,11-14H,5-6,9-10H2,1-4H3. The van der Waals surface area contributed by atoms with Gasteiger partial charge >= 0.3 is 0 Å². The van der Waals surface area contributed by atoms with Gasteiger partial charge < -0.3 is 4.74 Å². The minimum Gasteiger partial charge on any atom is -0.493 e. The summed E-state index contributed by atoms with van der Waals surface area (Å²) >= 11 is 1.48. The number of sulfonamides is 1. The first kappa shape index (κ1) is 21.6. The van der Waals surface area contributed by atoms with E-state index in [-0.39, 0.29) is 4.90 Å². The van der Waals surface area contributed by atoms with Crippen molar-refractivity contribution in [2.24, 2.45) is 0 Å². The van der Waals surface area contributed by atoms with E-state index >= 15 is 0 Å². The topological polar surface area (TPSA) is 76.8 Å². The fraction of sp³-hybridized carbons (Fsp3) is 0.400. The van der Waals surface area contributed by atoms with Crippen molar-refractivity contribution < 1.29 is 13.2 Å². The first-order valence-electron chi connectivity index (χ1n) is 9.54. The van der Waals surface area contributed by atoms with Crippen LogP contribution >= 0.6 is 11.8 Å². The average molecular weight is 435 g/mol. The Morgan fingerprint density at radius 1 is 1.07 bits per heavy atom. The van der Waals surface area contributed by atoms with Gasteiger partial charge in [0, 0.05) is 25.0 Å². The second-order valence-electron chi connectivity index (χ2n) is 6.69. The minimum absolute atomic E-state index is 0.238. The Balaban J connectivity index is 1.71. The summed E-state index contributed by atoms with van der Waals surface area (Å²) in [6, 6.07) is 9.38. The van der Waals surface area contributed by atoms with Crippen molar-refractivity contribution in [1.29, 1.82) is 0 Å². The number of hydrogen-bond acceptors (Lipinski definition) is 6. The van der Waals surface area contributed by atoms with Crippen LogP contribution in [-0.2, 0) is 10.0 Å². The molecule has 0 aliphatic heterocycles. The summed E-state index contributed by atoms with van der Waals surface area (Å²) in [5.74, 6) is 1.52. The molecule has 9 heteroatoms. The first-order valence-corrected chi connectivity index (χ1v) is 12.0. The maximum absolute atomic E-state index is 12.8. The zero-order valence-electron chi connectivity index (χ0n) is 17.1. The summed E-state index contributed by atoms with van der Waals surface area (Å²) in [4.78, 5) is 0.238. The summed E-state index contributed by atoms with van der Waals surface area (Å²) in [5.41, 5.74) is 2.94. The predicted octanol–water partition coefficient (Wildman–Crippen LogP) is 3.55. The lowest BCUT2D eigenvalue weighted by Crippen LogP contribution is -2.30. The lowest BCUT2D eigenvalue weighted by Gasteiger charge is -2.18. The Bertz CT molecular complexity index is 1070. The monoisotopic (exact) mass is 434 g/mol. The molecule has 0 unspecified atom stereocenters. The molecule has 3 aromatic rings. The molecule has 0 amide bonds. The summed E-state index contributed by atoms with van der Waals surface area (Å²) in [6.07, 6.45) is 1.59. The third kappa shape index (κ3) is 4.91. The van der Waals surface area contributed by atoms with Crippen LogP contribution in [0.1, 0.15) is 25.0 Å². The van der Waals surface area contributed by atoms with E-state index in [2.05, 4.69) is 16.3 Å². The van der Waals surface area contributed by atoms with Crippen LogP contribution in [0.3, 0.4) is 0 Å². The largest absolute Gasteiger partial charge is 0.493 e. The SMILES string of the molecule is CCN(CC)S(=O)(=O)c1ccc2nnc(SCCOc3cc(C)cc(C)c3)n2c1. The third-order valence-corrected chi connectivity index (χ3v) is 7.41. The first-order chi connectivity index (χ1) is 13.8. The Labute approximate surface area is 176 Å². The van der Waals surface area contributed by atoms with Crippen molar-refractivity contribution in [2.45, 2.75) is 37.7 Å². The molecule has 1 aromatic carbocycles. The third-order valence-electron chi connectivity index (χ3n) is 4.47. The molecule has 0 atom stereocenters. The van der Waals surface area contributed by atoms with E-state index in [9.17, 15) is 8.42 Å². The zero-order chi connectivity index (χ0) is 21.0. The number of nitrogens with zero attached hydrogens (tertiary/aromatic N) is 4. The number of pyridine rings is 1. The van der Waals surface area contributed by atoms with Gasteiger partial charge in [0.25, 0.3) is 0 Å². The molecule has 156 valence electrons. The number of thioether (sulfide) groups is 1. The van der Waals surface area contributed by atoms with E-state index in [1.165, 1.54) is 16.1 Å². The summed E-state index contributed by atoms with van der Waals surface area (Å²) in [7, 11) is -3.53. The molecule has 2 aromatic heterocycles. The van der Waals surface area contributed by atoms with Crippen molar-refractivity contribution >= 4 is 27.4 Å². The number of aromatic nitrogens is 3. The number of hydrogen-bond donors (Lipinski definition) is 0. The van der Waals surface area contributed by atoms with Crippen molar-refractivity contribution in [1.82, 2.24) is 18.9 Å². The Kier molecular flexibility index (Phi) is 6.81. The van der Waals surface area contributed by atoms with Crippen molar-refractivity contribution in [3.8, 4) is 5.75 Å². The van der Waals surface area contributed by atoms with Crippen LogP contribution in [0.5, 0.6) is 5.75 Å². The van der Waals surface area contributed by atoms with E-state index in [0.717, 1.165) is 16.9 Å². The maximum Gasteiger partial charge on any atom is 0.244 e. The van der Waals surface area contributed by atoms with E-state index in [4.69, 9.17) is 4.74 Å². The molecule has 0 radical (unpaired) electrons. The van der Waals surface area contributed by atoms with Crippen molar-refractivity contribution in [3.63, 3.8) is 0 Å². The van der Waals surface area contributed by atoms with Crippen LogP contribution in [-0.4, -0.2) is 52.8 Å². The Hall–Kier alpha value is -2.10. The second kappa shape index (κ2) is 9.15. The molecule has 3 rings (SSSR count). The molecule has 2 heterocycles. The molecule has 0 aliphatic rings. The van der Waals surface area contributed by atoms with Crippen molar-refractivity contribution in [3.05, 3.63) is 47.7 Å². The molecular weight excluding hydrogens is 408 g/mol. The molecule has 29 heavy (non-hydrogen) atoms. The highest BCUT2D eigenvalue weighted by atomic mass is 32.2. The summed E-state index contributed by atoms with van der Waals surface area (Å²) in [5, 5.41) is 8.96. The van der Waals surface area contributed by atoms with Crippen LogP contribution < -0.4 is 4.74 Å². The van der Waals surface area contributed by atoms with E-state index in [1.54, 1.807) is 22.7 Å². The molecule has 0 saturated heterocycles. The van der Waals surface area contributed by atoms with Crippen LogP contribution in [0, 0.1) is 13.8 Å². The number of rotatable bonds is 9. The highest BCUT2D eigenvalue weighted by Crippen LogP contribution is 2.22.